The summed E-state index contributed by atoms with van der Waals surface area (Å²) in [5.41, 5.74) is 0.755. The third-order valence-corrected chi connectivity index (χ3v) is 3.87. The van der Waals surface area contributed by atoms with E-state index in [2.05, 4.69) is 10.1 Å². The zero-order chi connectivity index (χ0) is 14.1. The van der Waals surface area contributed by atoms with Gasteiger partial charge >= 0.3 is 0 Å². The second-order valence-electron chi connectivity index (χ2n) is 4.89. The minimum atomic E-state index is 0.0818. The van der Waals surface area contributed by atoms with Gasteiger partial charge < -0.3 is 9.42 Å². The Morgan fingerprint density at radius 1 is 1.45 bits per heavy atom. The van der Waals surface area contributed by atoms with E-state index in [1.807, 2.05) is 18.2 Å². The van der Waals surface area contributed by atoms with Crippen molar-refractivity contribution in [2.24, 2.45) is 0 Å². The van der Waals surface area contributed by atoms with Crippen LogP contribution in [0, 0.1) is 0 Å². The summed E-state index contributed by atoms with van der Waals surface area (Å²) in [6, 6.07) is 7.38. The van der Waals surface area contributed by atoms with Crippen molar-refractivity contribution >= 4 is 17.5 Å². The van der Waals surface area contributed by atoms with Gasteiger partial charge in [0, 0.05) is 25.6 Å². The van der Waals surface area contributed by atoms with E-state index in [9.17, 15) is 4.79 Å². The molecule has 1 aromatic heterocycles. The summed E-state index contributed by atoms with van der Waals surface area (Å²) in [5, 5.41) is 4.58. The predicted octanol–water partition coefficient (Wildman–Crippen LogP) is 2.73. The largest absolute Gasteiger partial charge is 0.342 e. The lowest BCUT2D eigenvalue weighted by atomic mass is 10.1. The van der Waals surface area contributed by atoms with Crippen LogP contribution in [-0.2, 0) is 4.79 Å². The Morgan fingerprint density at radius 2 is 2.25 bits per heavy atom. The molecule has 0 bridgehead atoms. The van der Waals surface area contributed by atoms with Gasteiger partial charge in [0.05, 0.1) is 10.9 Å². The van der Waals surface area contributed by atoms with Crippen LogP contribution >= 0.6 is 11.6 Å². The summed E-state index contributed by atoms with van der Waals surface area (Å²) in [6.07, 6.45) is 0.851. The molecule has 20 heavy (non-hydrogen) atoms. The Morgan fingerprint density at radius 3 is 2.95 bits per heavy atom. The molecule has 1 aliphatic rings. The molecule has 3 rings (SSSR count). The van der Waals surface area contributed by atoms with Crippen molar-refractivity contribution in [3.05, 3.63) is 35.2 Å². The third kappa shape index (κ3) is 2.41. The van der Waals surface area contributed by atoms with Crippen molar-refractivity contribution in [3.63, 3.8) is 0 Å². The molecular formula is C14H14ClN3O2. The molecule has 104 valence electrons. The number of rotatable bonds is 2. The molecule has 1 aromatic carbocycles. The fourth-order valence-electron chi connectivity index (χ4n) is 2.40. The van der Waals surface area contributed by atoms with Gasteiger partial charge in [0.25, 0.3) is 0 Å². The predicted molar refractivity (Wildman–Crippen MR) is 74.4 cm³/mol. The van der Waals surface area contributed by atoms with Gasteiger partial charge in [-0.2, -0.15) is 4.98 Å². The van der Waals surface area contributed by atoms with Crippen molar-refractivity contribution in [2.75, 3.05) is 13.1 Å². The molecular weight excluding hydrogens is 278 g/mol. The number of carbonyl (C=O) groups excluding carboxylic acids is 1. The Bertz CT molecular complexity index is 641. The van der Waals surface area contributed by atoms with Gasteiger partial charge in [-0.25, -0.2) is 0 Å². The highest BCUT2D eigenvalue weighted by molar-refractivity contribution is 6.33. The molecule has 0 aliphatic carbocycles. The molecule has 6 heteroatoms. The maximum absolute atomic E-state index is 11.3. The van der Waals surface area contributed by atoms with Crippen LogP contribution in [-0.4, -0.2) is 34.0 Å². The number of halogens is 1. The molecule has 1 fully saturated rings. The SMILES string of the molecule is CC(=O)N1CC[C@H](c2nc(-c3ccccc3Cl)no2)C1. The molecule has 2 aromatic rings. The Balaban J connectivity index is 1.81. The minimum Gasteiger partial charge on any atom is -0.342 e. The van der Waals surface area contributed by atoms with E-state index >= 15 is 0 Å². The van der Waals surface area contributed by atoms with Crippen molar-refractivity contribution in [1.82, 2.24) is 15.0 Å². The van der Waals surface area contributed by atoms with Gasteiger partial charge in [0.2, 0.25) is 17.6 Å². The molecule has 1 saturated heterocycles. The van der Waals surface area contributed by atoms with E-state index in [1.165, 1.54) is 0 Å². The smallest absolute Gasteiger partial charge is 0.231 e. The number of benzene rings is 1. The Hall–Kier alpha value is -1.88. The standard InChI is InChI=1S/C14H14ClN3O2/c1-9(19)18-7-6-10(8-18)14-16-13(17-20-14)11-4-2-3-5-12(11)15/h2-5,10H,6-8H2,1H3/t10-/m0/s1. The van der Waals surface area contributed by atoms with Crippen molar-refractivity contribution in [1.29, 1.82) is 0 Å². The fourth-order valence-corrected chi connectivity index (χ4v) is 2.62. The van der Waals surface area contributed by atoms with Gasteiger partial charge in [-0.3, -0.25) is 4.79 Å². The summed E-state index contributed by atoms with van der Waals surface area (Å²) in [5.74, 6) is 1.26. The summed E-state index contributed by atoms with van der Waals surface area (Å²) >= 11 is 6.12. The average molecular weight is 292 g/mol. The number of aromatic nitrogens is 2. The van der Waals surface area contributed by atoms with Crippen LogP contribution in [0.4, 0.5) is 0 Å². The summed E-state index contributed by atoms with van der Waals surface area (Å²) < 4.78 is 5.33. The molecule has 0 saturated carbocycles. The van der Waals surface area contributed by atoms with Gasteiger partial charge in [-0.15, -0.1) is 0 Å². The first-order valence-electron chi connectivity index (χ1n) is 6.49. The maximum Gasteiger partial charge on any atom is 0.231 e. The number of carbonyl (C=O) groups is 1. The first kappa shape index (κ1) is 13.1. The average Bonchev–Trinajstić information content (AvgIpc) is 3.08. The van der Waals surface area contributed by atoms with E-state index in [1.54, 1.807) is 17.9 Å². The maximum atomic E-state index is 11.3. The van der Waals surface area contributed by atoms with Crippen LogP contribution in [0.15, 0.2) is 28.8 Å². The second kappa shape index (κ2) is 5.25. The number of hydrogen-bond donors (Lipinski definition) is 0. The zero-order valence-corrected chi connectivity index (χ0v) is 11.8. The lowest BCUT2D eigenvalue weighted by Crippen LogP contribution is -2.25. The second-order valence-corrected chi connectivity index (χ2v) is 5.29. The van der Waals surface area contributed by atoms with Gasteiger partial charge in [-0.05, 0) is 18.6 Å². The molecule has 2 heterocycles. The quantitative estimate of drug-likeness (QED) is 0.853. The highest BCUT2D eigenvalue weighted by Gasteiger charge is 2.29. The molecule has 1 atom stereocenters. The number of likely N-dealkylation sites (tertiary alicyclic amines) is 1. The number of nitrogens with zero attached hydrogens (tertiary/aromatic N) is 3. The van der Waals surface area contributed by atoms with Crippen LogP contribution in [0.5, 0.6) is 0 Å². The van der Waals surface area contributed by atoms with Gasteiger partial charge in [0.15, 0.2) is 0 Å². The number of amides is 1. The van der Waals surface area contributed by atoms with Gasteiger partial charge in [-0.1, -0.05) is 28.9 Å². The van der Waals surface area contributed by atoms with E-state index in [4.69, 9.17) is 16.1 Å². The van der Waals surface area contributed by atoms with E-state index in [0.29, 0.717) is 23.3 Å². The molecule has 0 N–H and O–H groups in total. The monoisotopic (exact) mass is 291 g/mol. The molecule has 0 spiro atoms. The van der Waals surface area contributed by atoms with Crippen molar-refractivity contribution in [3.8, 4) is 11.4 Å². The van der Waals surface area contributed by atoms with E-state index in [0.717, 1.165) is 18.5 Å². The Labute approximate surface area is 121 Å². The van der Waals surface area contributed by atoms with Gasteiger partial charge in [0.1, 0.15) is 0 Å². The number of hydrogen-bond acceptors (Lipinski definition) is 4. The molecule has 1 amide bonds. The first-order chi connectivity index (χ1) is 9.65. The van der Waals surface area contributed by atoms with E-state index in [-0.39, 0.29) is 11.8 Å². The topological polar surface area (TPSA) is 59.2 Å². The summed E-state index contributed by atoms with van der Waals surface area (Å²) in [6.45, 7) is 2.95. The normalized spacial score (nSPS) is 18.5. The summed E-state index contributed by atoms with van der Waals surface area (Å²) in [4.78, 5) is 17.5. The molecule has 5 nitrogen and oxygen atoms in total. The van der Waals surface area contributed by atoms with Crippen molar-refractivity contribution < 1.29 is 9.32 Å². The highest BCUT2D eigenvalue weighted by Crippen LogP contribution is 2.30. The van der Waals surface area contributed by atoms with Crippen LogP contribution in [0.2, 0.25) is 5.02 Å². The lowest BCUT2D eigenvalue weighted by Gasteiger charge is -2.11. The van der Waals surface area contributed by atoms with Crippen LogP contribution in [0.1, 0.15) is 25.2 Å². The fraction of sp³-hybridized carbons (Fsp3) is 0.357. The summed E-state index contributed by atoms with van der Waals surface area (Å²) in [7, 11) is 0. The van der Waals surface area contributed by atoms with E-state index < -0.39 is 0 Å². The van der Waals surface area contributed by atoms with Crippen LogP contribution < -0.4 is 0 Å². The minimum absolute atomic E-state index is 0.0818. The third-order valence-electron chi connectivity index (χ3n) is 3.54. The molecule has 1 aliphatic heterocycles. The highest BCUT2D eigenvalue weighted by atomic mass is 35.5. The Kier molecular flexibility index (Phi) is 3.44. The molecule has 0 radical (unpaired) electrons. The van der Waals surface area contributed by atoms with Crippen LogP contribution in [0.3, 0.4) is 0 Å². The zero-order valence-electron chi connectivity index (χ0n) is 11.0. The first-order valence-corrected chi connectivity index (χ1v) is 6.87. The van der Waals surface area contributed by atoms with Crippen molar-refractivity contribution in [2.45, 2.75) is 19.3 Å². The lowest BCUT2D eigenvalue weighted by molar-refractivity contribution is -0.127. The molecule has 0 unspecified atom stereocenters. The van der Waals surface area contributed by atoms with Crippen LogP contribution in [0.25, 0.3) is 11.4 Å².